The van der Waals surface area contributed by atoms with Crippen molar-refractivity contribution in [2.75, 3.05) is 19.0 Å². The molecule has 1 aromatic carbocycles. The first-order valence-electron chi connectivity index (χ1n) is 7.44. The molecule has 0 spiro atoms. The predicted molar refractivity (Wildman–Crippen MR) is 87.5 cm³/mol. The molecule has 0 aliphatic carbocycles. The van der Waals surface area contributed by atoms with Gasteiger partial charge in [-0.2, -0.15) is 0 Å². The van der Waals surface area contributed by atoms with Crippen LogP contribution in [-0.4, -0.2) is 25.3 Å². The van der Waals surface area contributed by atoms with Gasteiger partial charge in [-0.25, -0.2) is 0 Å². The highest BCUT2D eigenvalue weighted by molar-refractivity contribution is 7.99. The zero-order valence-electron chi connectivity index (χ0n) is 13.4. The Morgan fingerprint density at radius 2 is 1.55 bits per heavy atom. The molecule has 3 heteroatoms. The quantitative estimate of drug-likeness (QED) is 0.504. The highest BCUT2D eigenvalue weighted by Crippen LogP contribution is 2.26. The minimum absolute atomic E-state index is 0.0636. The van der Waals surface area contributed by atoms with Gasteiger partial charge in [0.15, 0.2) is 6.29 Å². The average Bonchev–Trinajstić information content (AvgIpc) is 2.39. The Balaban J connectivity index is 2.41. The highest BCUT2D eigenvalue weighted by atomic mass is 32.2. The second-order valence-corrected chi connectivity index (χ2v) is 6.92. The molecule has 1 aromatic rings. The molecule has 0 aromatic heterocycles. The maximum Gasteiger partial charge on any atom is 0.158 e. The fourth-order valence-corrected chi connectivity index (χ4v) is 2.79. The number of benzene rings is 1. The second kappa shape index (κ2) is 8.71. The van der Waals surface area contributed by atoms with Gasteiger partial charge in [0.25, 0.3) is 0 Å². The van der Waals surface area contributed by atoms with Crippen LogP contribution in [-0.2, 0) is 14.9 Å². The summed E-state index contributed by atoms with van der Waals surface area (Å²) in [6, 6.07) is 8.87. The van der Waals surface area contributed by atoms with Crippen molar-refractivity contribution in [2.45, 2.75) is 57.6 Å². The van der Waals surface area contributed by atoms with E-state index in [4.69, 9.17) is 9.47 Å². The third kappa shape index (κ3) is 6.29. The Labute approximate surface area is 128 Å². The molecule has 0 heterocycles. The van der Waals surface area contributed by atoms with Gasteiger partial charge >= 0.3 is 0 Å². The fraction of sp³-hybridized carbons (Fsp3) is 0.647. The Morgan fingerprint density at radius 3 is 2.00 bits per heavy atom. The lowest BCUT2D eigenvalue weighted by Crippen LogP contribution is -2.18. The van der Waals surface area contributed by atoms with Crippen molar-refractivity contribution in [3.05, 3.63) is 29.8 Å². The van der Waals surface area contributed by atoms with Crippen LogP contribution < -0.4 is 0 Å². The van der Waals surface area contributed by atoms with Crippen molar-refractivity contribution in [3.8, 4) is 0 Å². The van der Waals surface area contributed by atoms with Gasteiger partial charge in [0.2, 0.25) is 0 Å². The van der Waals surface area contributed by atoms with Crippen LogP contribution in [0.4, 0.5) is 0 Å². The largest absolute Gasteiger partial charge is 0.353 e. The lowest BCUT2D eigenvalue weighted by molar-refractivity contribution is -0.136. The van der Waals surface area contributed by atoms with Gasteiger partial charge in [0.05, 0.1) is 0 Å². The molecule has 20 heavy (non-hydrogen) atoms. The lowest BCUT2D eigenvalue weighted by Gasteiger charge is -2.19. The first-order chi connectivity index (χ1) is 9.47. The Hall–Kier alpha value is -0.510. The van der Waals surface area contributed by atoms with E-state index in [1.54, 1.807) is 0 Å². The van der Waals surface area contributed by atoms with Crippen molar-refractivity contribution in [2.24, 2.45) is 0 Å². The molecule has 0 N–H and O–H groups in total. The summed E-state index contributed by atoms with van der Waals surface area (Å²) < 4.78 is 11.1. The zero-order valence-corrected chi connectivity index (χ0v) is 14.3. The summed E-state index contributed by atoms with van der Waals surface area (Å²) in [5.41, 5.74) is 1.60. The van der Waals surface area contributed by atoms with E-state index in [9.17, 15) is 0 Å². The van der Waals surface area contributed by atoms with Crippen LogP contribution in [0, 0.1) is 0 Å². The molecule has 0 radical (unpaired) electrons. The van der Waals surface area contributed by atoms with E-state index >= 15 is 0 Å². The molecule has 2 nitrogen and oxygen atoms in total. The molecule has 114 valence electrons. The Morgan fingerprint density at radius 1 is 1.00 bits per heavy atom. The molecule has 0 aliphatic heterocycles. The van der Waals surface area contributed by atoms with Crippen molar-refractivity contribution in [1.29, 1.82) is 0 Å². The van der Waals surface area contributed by atoms with Gasteiger partial charge in [-0.05, 0) is 37.0 Å². The summed E-state index contributed by atoms with van der Waals surface area (Å²) in [5, 5.41) is 0. The summed E-state index contributed by atoms with van der Waals surface area (Å²) in [6.45, 7) is 12.1. The summed E-state index contributed by atoms with van der Waals surface area (Å²) >= 11 is 1.86. The molecular formula is C17H28O2S. The number of rotatable bonds is 8. The molecule has 1 rings (SSSR count). The van der Waals surface area contributed by atoms with Gasteiger partial charge in [-0.1, -0.05) is 32.9 Å². The maximum absolute atomic E-state index is 5.55. The topological polar surface area (TPSA) is 18.5 Å². The van der Waals surface area contributed by atoms with Crippen molar-refractivity contribution in [3.63, 3.8) is 0 Å². The first kappa shape index (κ1) is 17.5. The highest BCUT2D eigenvalue weighted by Gasteiger charge is 2.13. The molecule has 0 fully saturated rings. The molecular weight excluding hydrogens is 268 g/mol. The SMILES string of the molecule is CCOC(CCSc1ccc(C(C)(C)C)cc1)OCC. The third-order valence-electron chi connectivity index (χ3n) is 3.05. The lowest BCUT2D eigenvalue weighted by atomic mass is 9.87. The molecule has 0 saturated heterocycles. The molecule has 0 saturated carbocycles. The van der Waals surface area contributed by atoms with Gasteiger partial charge in [-0.3, -0.25) is 0 Å². The third-order valence-corrected chi connectivity index (χ3v) is 4.09. The zero-order chi connectivity index (χ0) is 15.0. The van der Waals surface area contributed by atoms with Crippen molar-refractivity contribution < 1.29 is 9.47 Å². The van der Waals surface area contributed by atoms with E-state index in [-0.39, 0.29) is 11.7 Å². The van der Waals surface area contributed by atoms with Crippen LogP contribution in [0.2, 0.25) is 0 Å². The Kier molecular flexibility index (Phi) is 7.63. The number of thioether (sulfide) groups is 1. The number of hydrogen-bond acceptors (Lipinski definition) is 3. The van der Waals surface area contributed by atoms with Gasteiger partial charge in [-0.15, -0.1) is 11.8 Å². The summed E-state index contributed by atoms with van der Waals surface area (Å²) in [5.74, 6) is 1.01. The normalized spacial score (nSPS) is 12.1. The van der Waals surface area contributed by atoms with Gasteiger partial charge in [0, 0.05) is 30.3 Å². The summed E-state index contributed by atoms with van der Waals surface area (Å²) in [7, 11) is 0. The summed E-state index contributed by atoms with van der Waals surface area (Å²) in [6.07, 6.45) is 0.860. The molecule has 0 aliphatic rings. The second-order valence-electron chi connectivity index (χ2n) is 5.75. The minimum Gasteiger partial charge on any atom is -0.353 e. The van der Waals surface area contributed by atoms with Crippen LogP contribution in [0.5, 0.6) is 0 Å². The van der Waals surface area contributed by atoms with E-state index in [1.807, 2.05) is 25.6 Å². The van der Waals surface area contributed by atoms with Crippen LogP contribution in [0.15, 0.2) is 29.2 Å². The van der Waals surface area contributed by atoms with E-state index in [2.05, 4.69) is 45.0 Å². The van der Waals surface area contributed by atoms with Crippen LogP contribution >= 0.6 is 11.8 Å². The smallest absolute Gasteiger partial charge is 0.158 e. The van der Waals surface area contributed by atoms with E-state index < -0.39 is 0 Å². The average molecular weight is 296 g/mol. The van der Waals surface area contributed by atoms with E-state index in [0.717, 1.165) is 12.2 Å². The summed E-state index contributed by atoms with van der Waals surface area (Å²) in [4.78, 5) is 1.31. The van der Waals surface area contributed by atoms with Gasteiger partial charge in [0.1, 0.15) is 0 Å². The van der Waals surface area contributed by atoms with Crippen molar-refractivity contribution in [1.82, 2.24) is 0 Å². The maximum atomic E-state index is 5.55. The number of hydrogen-bond donors (Lipinski definition) is 0. The minimum atomic E-state index is -0.0636. The fourth-order valence-electron chi connectivity index (χ4n) is 1.91. The first-order valence-corrected chi connectivity index (χ1v) is 8.42. The van der Waals surface area contributed by atoms with Crippen molar-refractivity contribution >= 4 is 11.8 Å². The molecule has 0 atom stereocenters. The standard InChI is InChI=1S/C17H28O2S/c1-6-18-16(19-7-2)12-13-20-15-10-8-14(9-11-15)17(3,4)5/h8-11,16H,6-7,12-13H2,1-5H3. The van der Waals surface area contributed by atoms with Gasteiger partial charge < -0.3 is 9.47 Å². The van der Waals surface area contributed by atoms with Crippen LogP contribution in [0.1, 0.15) is 46.6 Å². The molecule has 0 unspecified atom stereocenters. The molecule has 0 bridgehead atoms. The monoisotopic (exact) mass is 296 g/mol. The van der Waals surface area contributed by atoms with Crippen LogP contribution in [0.3, 0.4) is 0 Å². The van der Waals surface area contributed by atoms with E-state index in [1.165, 1.54) is 10.5 Å². The molecule has 0 amide bonds. The predicted octanol–water partition coefficient (Wildman–Crippen LogP) is 4.87. The number of ether oxygens (including phenoxy) is 2. The van der Waals surface area contributed by atoms with Crippen LogP contribution in [0.25, 0.3) is 0 Å². The van der Waals surface area contributed by atoms with E-state index in [0.29, 0.717) is 13.2 Å². The Bertz CT molecular complexity index is 362.